The van der Waals surface area contributed by atoms with Crippen LogP contribution in [0, 0.1) is 26.7 Å². The lowest BCUT2D eigenvalue weighted by molar-refractivity contribution is -0.129. The molecule has 0 aliphatic carbocycles. The van der Waals surface area contributed by atoms with E-state index in [-0.39, 0.29) is 63.4 Å². The van der Waals surface area contributed by atoms with Gasteiger partial charge in [-0.15, -0.1) is 0 Å². The minimum Gasteiger partial charge on any atom is -0.453 e. The Morgan fingerprint density at radius 1 is 0.544 bits per heavy atom. The number of H-pyrrole nitrogens is 2. The van der Waals surface area contributed by atoms with E-state index in [9.17, 15) is 39.3 Å². The number of fused-ring (bicyclic) bond motifs is 3. The van der Waals surface area contributed by atoms with Gasteiger partial charge in [-0.25, -0.2) is 9.59 Å². The molecule has 0 amide bonds. The highest BCUT2D eigenvalue weighted by Crippen LogP contribution is 2.40. The Morgan fingerprint density at radius 2 is 0.911 bits per heavy atom. The van der Waals surface area contributed by atoms with Gasteiger partial charge < -0.3 is 67.8 Å². The van der Waals surface area contributed by atoms with Gasteiger partial charge in [0.25, 0.3) is 16.7 Å². The molecule has 6 N–H and O–H groups in total. The third-order valence-corrected chi connectivity index (χ3v) is 14.8. The standard InChI is InChI=1S/2C16H26N2O6.C11H14N2O4.C6H14O.C5H12O2.2H2/c2*1-6-11-12(19)13(23-10(4)9(3)22-5)15(24-11)18-7-8(2)14(20)17-16(18)21;1-3-6-7(14)8-10(16-6)13-4-5(2)9(15)12-11(13)17-8;1-5(2)6(3)7-4;1-4(6)5(2)7-3;;/h2*7,9-13,15,19H,6H2,1-5H3,(H,17,20,21);4,6-8,10,14H,3H2,1-2H3;5-6H,1-4H3;4-6H,1-3H3;2*1H/t9-,10+,11+,12?,13-,15+;9-,10+,11-,12?,13+,15-;6-,7?,8-,10-;6-;4-,5+;;/m01111../s1. The minimum atomic E-state index is -0.884. The Balaban J connectivity index is 0.000000541. The van der Waals surface area contributed by atoms with Gasteiger partial charge in [0.1, 0.15) is 30.5 Å². The Bertz CT molecular complexity index is 2500. The molecule has 3 aromatic rings. The molecule has 19 atom stereocenters. The second-order valence-electron chi connectivity index (χ2n) is 20.7. The number of aryl methyl sites for hydroxylation is 3. The van der Waals surface area contributed by atoms with Crippen LogP contribution in [0.1, 0.15) is 141 Å². The van der Waals surface area contributed by atoms with E-state index in [0.717, 1.165) is 6.42 Å². The summed E-state index contributed by atoms with van der Waals surface area (Å²) in [5.74, 6) is 0.644. The van der Waals surface area contributed by atoms with E-state index in [2.05, 4.69) is 35.7 Å². The Morgan fingerprint density at radius 3 is 1.24 bits per heavy atom. The smallest absolute Gasteiger partial charge is 0.330 e. The number of ether oxygens (including phenoxy) is 10. The maximum Gasteiger partial charge on any atom is 0.330 e. The zero-order valence-electron chi connectivity index (χ0n) is 49.6. The van der Waals surface area contributed by atoms with Crippen LogP contribution in [-0.4, -0.2) is 175 Å². The first-order valence-corrected chi connectivity index (χ1v) is 27.1. The summed E-state index contributed by atoms with van der Waals surface area (Å²) in [5.41, 5.74) is -1.09. The number of aliphatic hydroxyl groups excluding tert-OH is 4. The fraction of sp³-hybridized carbons (Fsp3) is 0.778. The van der Waals surface area contributed by atoms with Crippen LogP contribution < -0.4 is 32.8 Å². The molecule has 25 nitrogen and oxygen atoms in total. The molecule has 7 rings (SSSR count). The summed E-state index contributed by atoms with van der Waals surface area (Å²) in [7, 11) is 6.48. The van der Waals surface area contributed by atoms with Crippen LogP contribution in [0.25, 0.3) is 0 Å². The molecular weight excluding hydrogens is 1040 g/mol. The topological polar surface area (TPSA) is 318 Å². The maximum absolute atomic E-state index is 12.2. The molecule has 0 spiro atoms. The van der Waals surface area contributed by atoms with Crippen LogP contribution >= 0.6 is 0 Å². The first-order chi connectivity index (χ1) is 37.1. The summed E-state index contributed by atoms with van der Waals surface area (Å²) < 4.78 is 59.3. The highest BCUT2D eigenvalue weighted by atomic mass is 16.6. The number of aromatic nitrogens is 6. The molecule has 3 saturated heterocycles. The number of aromatic amines is 2. The van der Waals surface area contributed by atoms with E-state index in [1.54, 1.807) is 66.9 Å². The molecule has 25 heteroatoms. The molecule has 456 valence electrons. The fourth-order valence-electron chi connectivity index (χ4n) is 8.32. The van der Waals surface area contributed by atoms with E-state index >= 15 is 0 Å². The van der Waals surface area contributed by atoms with Crippen molar-refractivity contribution in [1.29, 1.82) is 0 Å². The van der Waals surface area contributed by atoms with Crippen molar-refractivity contribution in [3.8, 4) is 6.01 Å². The van der Waals surface area contributed by atoms with Gasteiger partial charge >= 0.3 is 17.4 Å². The lowest BCUT2D eigenvalue weighted by Crippen LogP contribution is -2.42. The third kappa shape index (κ3) is 17.8. The van der Waals surface area contributed by atoms with E-state index in [4.69, 9.17) is 52.5 Å². The van der Waals surface area contributed by atoms with Gasteiger partial charge in [-0.1, -0.05) is 34.6 Å². The van der Waals surface area contributed by atoms with Crippen molar-refractivity contribution in [2.24, 2.45) is 5.92 Å². The van der Waals surface area contributed by atoms with Gasteiger partial charge in [-0.3, -0.25) is 38.1 Å². The molecular formula is C54H96N6O19. The monoisotopic (exact) mass is 1130 g/mol. The average molecular weight is 1130 g/mol. The van der Waals surface area contributed by atoms with Crippen molar-refractivity contribution >= 4 is 0 Å². The van der Waals surface area contributed by atoms with Gasteiger partial charge in [0.15, 0.2) is 24.8 Å². The summed E-state index contributed by atoms with van der Waals surface area (Å²) >= 11 is 0. The molecule has 79 heavy (non-hydrogen) atoms. The lowest BCUT2D eigenvalue weighted by Gasteiger charge is -2.28. The van der Waals surface area contributed by atoms with E-state index in [1.165, 1.54) is 21.5 Å². The summed E-state index contributed by atoms with van der Waals surface area (Å²) in [5, 5.41) is 39.7. The molecule has 3 aromatic heterocycles. The number of methoxy groups -OCH3 is 4. The maximum atomic E-state index is 12.2. The van der Waals surface area contributed by atoms with Crippen molar-refractivity contribution in [1.82, 2.24) is 28.7 Å². The average Bonchev–Trinajstić information content (AvgIpc) is 4.13. The molecule has 3 fully saturated rings. The zero-order chi connectivity index (χ0) is 59.9. The quantitative estimate of drug-likeness (QED) is 0.113. The van der Waals surface area contributed by atoms with Gasteiger partial charge in [-0.2, -0.15) is 4.98 Å². The van der Waals surface area contributed by atoms with E-state index < -0.39 is 83.8 Å². The van der Waals surface area contributed by atoms with Crippen LogP contribution in [0.3, 0.4) is 0 Å². The van der Waals surface area contributed by atoms with Crippen LogP contribution in [-0.2, 0) is 42.6 Å². The summed E-state index contributed by atoms with van der Waals surface area (Å²) in [6, 6.07) is 0.226. The molecule has 0 bridgehead atoms. The summed E-state index contributed by atoms with van der Waals surface area (Å²) in [6.07, 6.45) is -2.15. The van der Waals surface area contributed by atoms with Crippen molar-refractivity contribution in [2.75, 3.05) is 28.4 Å². The van der Waals surface area contributed by atoms with Crippen molar-refractivity contribution < 1.29 is 70.6 Å². The van der Waals surface area contributed by atoms with Crippen molar-refractivity contribution in [3.63, 3.8) is 0 Å². The van der Waals surface area contributed by atoms with Gasteiger partial charge in [0.05, 0.1) is 61.0 Å². The first kappa shape index (κ1) is 68.8. The third-order valence-electron chi connectivity index (χ3n) is 14.8. The first-order valence-electron chi connectivity index (χ1n) is 27.1. The van der Waals surface area contributed by atoms with Gasteiger partial charge in [-0.05, 0) is 94.4 Å². The van der Waals surface area contributed by atoms with Crippen LogP contribution in [0.5, 0.6) is 6.01 Å². The minimum absolute atomic E-state index is 0. The predicted molar refractivity (Wildman–Crippen MR) is 296 cm³/mol. The predicted octanol–water partition coefficient (Wildman–Crippen LogP) is 3.20. The van der Waals surface area contributed by atoms with Crippen molar-refractivity contribution in [3.05, 3.63) is 87.3 Å². The van der Waals surface area contributed by atoms with E-state index in [1.807, 2.05) is 55.4 Å². The highest BCUT2D eigenvalue weighted by molar-refractivity contribution is 5.15. The molecule has 0 radical (unpaired) electrons. The molecule has 7 heterocycles. The lowest BCUT2D eigenvalue weighted by atomic mass is 10.1. The number of nitrogens with one attached hydrogen (secondary N) is 2. The summed E-state index contributed by atoms with van der Waals surface area (Å²) in [4.78, 5) is 67.2. The van der Waals surface area contributed by atoms with E-state index in [0.29, 0.717) is 41.6 Å². The molecule has 0 aromatic carbocycles. The second-order valence-corrected chi connectivity index (χ2v) is 20.7. The SMILES string of the molecule is CC[C@H]1O[C@@H](n2cc(C)c(=O)[nH]c2=O)[C@@H](O[C@@H](C)[C@@H](C)OC)C1O.CC[C@H]1O[C@@H](n2cc(C)c(=O)[nH]c2=O)[C@@H](O[C@H](C)[C@H](C)OC)C1O.CC[C@H]1O[C@@H]2[C@H](Oc3nc(=O)c(C)cn32)C1O.CO[C@@H](C)[C@@H](C)O.CO[C@H](C)C(C)C.[HH].[HH]. The normalized spacial score (nSPS) is 28.4. The zero-order valence-corrected chi connectivity index (χ0v) is 49.6. The molecule has 3 unspecified atom stereocenters. The number of hydrogen-bond donors (Lipinski definition) is 6. The number of hydrogen-bond acceptors (Lipinski definition) is 20. The number of nitrogens with zero attached hydrogens (tertiary/aromatic N) is 4. The molecule has 0 saturated carbocycles. The molecule has 4 aliphatic rings. The Hall–Kier alpha value is -4.48. The summed E-state index contributed by atoms with van der Waals surface area (Å²) in [6.45, 7) is 27.9. The van der Waals surface area contributed by atoms with Gasteiger partial charge in [0.2, 0.25) is 0 Å². The Labute approximate surface area is 465 Å². The van der Waals surface area contributed by atoms with Gasteiger partial charge in [0, 0.05) is 66.6 Å². The number of aliphatic hydroxyl groups is 4. The van der Waals surface area contributed by atoms with Crippen molar-refractivity contribution in [2.45, 2.75) is 239 Å². The van der Waals surface area contributed by atoms with Crippen LogP contribution in [0.2, 0.25) is 0 Å². The second kappa shape index (κ2) is 31.7. The highest BCUT2D eigenvalue weighted by Gasteiger charge is 2.51. The largest absolute Gasteiger partial charge is 0.453 e. The Kier molecular flexibility index (Phi) is 27.6. The fourth-order valence-corrected chi connectivity index (χ4v) is 8.32. The van der Waals surface area contributed by atoms with Crippen LogP contribution in [0.4, 0.5) is 0 Å². The van der Waals surface area contributed by atoms with Crippen LogP contribution in [0.15, 0.2) is 42.6 Å². The number of rotatable bonds is 17. The molecule has 4 aliphatic heterocycles.